The molecule has 1 unspecified atom stereocenters. The molecule has 0 radical (unpaired) electrons. The number of halogens is 1. The Morgan fingerprint density at radius 3 is 1.78 bits per heavy atom. The van der Waals surface area contributed by atoms with Gasteiger partial charge in [-0.1, -0.05) is 22.4 Å². The van der Waals surface area contributed by atoms with Crippen LogP contribution in [-0.2, 0) is 26.2 Å². The van der Waals surface area contributed by atoms with Gasteiger partial charge in [0.2, 0.25) is 0 Å². The van der Waals surface area contributed by atoms with Crippen LogP contribution in [0.5, 0.6) is 0 Å². The van der Waals surface area contributed by atoms with Gasteiger partial charge in [-0.05, 0) is 24.5 Å². The van der Waals surface area contributed by atoms with E-state index in [0.717, 1.165) is 10.7 Å². The van der Waals surface area contributed by atoms with Crippen LogP contribution >= 0.6 is 27.9 Å². The molecule has 108 valence electrons. The SMILES string of the molecule is C[N-]C.C[N-]C.C[N-]SC[C@@H]1CCCC1Br.[CH3-].[Zr+4]. The largest absolute Gasteiger partial charge is 4.00 e. The molecule has 0 saturated heterocycles. The normalized spacial score (nSPS) is 20.3. The zero-order chi connectivity index (χ0) is 12.8. The maximum atomic E-state index is 4.03. The van der Waals surface area contributed by atoms with Gasteiger partial charge < -0.3 is 22.8 Å². The molecule has 0 N–H and O–H groups in total. The average Bonchev–Trinajstić information content (AvgIpc) is 2.63. The van der Waals surface area contributed by atoms with Gasteiger partial charge in [-0.15, -0.1) is 0 Å². The van der Waals surface area contributed by atoms with Crippen molar-refractivity contribution < 1.29 is 26.2 Å². The van der Waals surface area contributed by atoms with Crippen molar-refractivity contribution in [3.8, 4) is 0 Å². The van der Waals surface area contributed by atoms with Crippen LogP contribution in [-0.4, -0.2) is 45.8 Å². The first-order chi connectivity index (χ1) is 7.67. The van der Waals surface area contributed by atoms with E-state index in [0.29, 0.717) is 0 Å². The summed E-state index contributed by atoms with van der Waals surface area (Å²) >= 11 is 5.38. The van der Waals surface area contributed by atoms with Crippen LogP contribution in [0, 0.1) is 13.3 Å². The molecule has 1 aliphatic carbocycles. The van der Waals surface area contributed by atoms with Crippen molar-refractivity contribution >= 4 is 27.9 Å². The Bertz CT molecular complexity index is 132. The Kier molecular flexibility index (Phi) is 36.6. The summed E-state index contributed by atoms with van der Waals surface area (Å²) in [4.78, 5) is 0.766. The Hall–Kier alpha value is 1.59. The number of rotatable bonds is 3. The molecule has 0 heterocycles. The van der Waals surface area contributed by atoms with Gasteiger partial charge in [0.25, 0.3) is 0 Å². The molecular formula is C12H28BrN3SZr. The smallest absolute Gasteiger partial charge is 0.668 e. The third-order valence-electron chi connectivity index (χ3n) is 1.98. The Balaban J connectivity index is -0.000000106. The van der Waals surface area contributed by atoms with Gasteiger partial charge in [0.1, 0.15) is 0 Å². The third kappa shape index (κ3) is 19.9. The quantitative estimate of drug-likeness (QED) is 0.366. The van der Waals surface area contributed by atoms with Gasteiger partial charge in [0, 0.05) is 4.83 Å². The molecule has 0 amide bonds. The molecule has 1 fully saturated rings. The van der Waals surface area contributed by atoms with Crippen molar-refractivity contribution in [2.75, 3.05) is 41.0 Å². The molecule has 1 aliphatic rings. The predicted molar refractivity (Wildman–Crippen MR) is 88.6 cm³/mol. The van der Waals surface area contributed by atoms with Gasteiger partial charge in [-0.3, -0.25) is 11.9 Å². The van der Waals surface area contributed by atoms with Crippen LogP contribution in [0.25, 0.3) is 15.4 Å². The molecule has 18 heavy (non-hydrogen) atoms. The van der Waals surface area contributed by atoms with E-state index in [1.807, 2.05) is 7.05 Å². The van der Waals surface area contributed by atoms with Crippen LogP contribution in [0.2, 0.25) is 0 Å². The minimum absolute atomic E-state index is 0. The summed E-state index contributed by atoms with van der Waals surface area (Å²) < 4.78 is 4.03. The van der Waals surface area contributed by atoms with Crippen molar-refractivity contribution in [2.45, 2.75) is 24.1 Å². The summed E-state index contributed by atoms with van der Waals surface area (Å²) in [6.45, 7) is 0. The molecule has 1 saturated carbocycles. The number of alkyl halides is 1. The third-order valence-corrected chi connectivity index (χ3v) is 4.02. The Morgan fingerprint density at radius 2 is 1.50 bits per heavy atom. The molecular weight excluding hydrogens is 389 g/mol. The molecule has 0 bridgehead atoms. The first-order valence-corrected chi connectivity index (χ1v) is 7.34. The van der Waals surface area contributed by atoms with Crippen LogP contribution < -0.4 is 0 Å². The molecule has 2 atom stereocenters. The van der Waals surface area contributed by atoms with Crippen molar-refractivity contribution in [3.63, 3.8) is 0 Å². The summed E-state index contributed by atoms with van der Waals surface area (Å²) in [5.74, 6) is 2.07. The van der Waals surface area contributed by atoms with Crippen LogP contribution in [0.1, 0.15) is 19.3 Å². The molecule has 0 aromatic heterocycles. The fraction of sp³-hybridized carbons (Fsp3) is 0.917. The van der Waals surface area contributed by atoms with Crippen molar-refractivity contribution in [2.24, 2.45) is 5.92 Å². The minimum Gasteiger partial charge on any atom is -0.668 e. The van der Waals surface area contributed by atoms with Crippen molar-refractivity contribution in [1.82, 2.24) is 0 Å². The average molecular weight is 418 g/mol. The van der Waals surface area contributed by atoms with E-state index >= 15 is 0 Å². The fourth-order valence-corrected chi connectivity index (χ4v) is 3.11. The fourth-order valence-electron chi connectivity index (χ4n) is 1.35. The molecule has 0 aromatic carbocycles. The van der Waals surface area contributed by atoms with Crippen LogP contribution in [0.4, 0.5) is 0 Å². The first-order valence-electron chi connectivity index (χ1n) is 5.48. The van der Waals surface area contributed by atoms with Gasteiger partial charge in [0.05, 0.1) is 0 Å². The molecule has 6 heteroatoms. The van der Waals surface area contributed by atoms with E-state index in [2.05, 4.69) is 31.3 Å². The van der Waals surface area contributed by atoms with Crippen LogP contribution in [0.15, 0.2) is 0 Å². The van der Waals surface area contributed by atoms with Crippen molar-refractivity contribution in [3.05, 3.63) is 22.8 Å². The minimum atomic E-state index is 0. The van der Waals surface area contributed by atoms with E-state index in [1.54, 1.807) is 40.1 Å². The monoisotopic (exact) mass is 415 g/mol. The van der Waals surface area contributed by atoms with E-state index in [-0.39, 0.29) is 33.6 Å². The standard InChI is InChI=1S/C7H13BrNS.2C2H6N.CH3.Zr/c1-9-10-5-6-3-2-4-7(6)8;2*1-3-2;;/h6-7H,2-5H2,1H3;2*1-2H3;1H3;/q4*-1;+4/t6-,7?;;;;/m0..../s1. The molecule has 1 rings (SSSR count). The van der Waals surface area contributed by atoms with Crippen LogP contribution in [0.3, 0.4) is 0 Å². The summed E-state index contributed by atoms with van der Waals surface area (Å²) in [6.07, 6.45) is 4.14. The van der Waals surface area contributed by atoms with Gasteiger partial charge >= 0.3 is 26.2 Å². The Labute approximate surface area is 147 Å². The van der Waals surface area contributed by atoms with Gasteiger partial charge in [0.15, 0.2) is 0 Å². The molecule has 0 spiro atoms. The van der Waals surface area contributed by atoms with E-state index in [9.17, 15) is 0 Å². The second kappa shape index (κ2) is 23.7. The summed E-state index contributed by atoms with van der Waals surface area (Å²) in [7, 11) is 8.86. The summed E-state index contributed by atoms with van der Waals surface area (Å²) in [5.41, 5.74) is 0. The summed E-state index contributed by atoms with van der Waals surface area (Å²) in [6, 6.07) is 0. The zero-order valence-corrected chi connectivity index (χ0v) is 17.5. The van der Waals surface area contributed by atoms with Gasteiger partial charge in [-0.2, -0.15) is 35.2 Å². The Morgan fingerprint density at radius 1 is 1.06 bits per heavy atom. The van der Waals surface area contributed by atoms with Crippen molar-refractivity contribution in [1.29, 1.82) is 0 Å². The topological polar surface area (TPSA) is 42.3 Å². The number of hydrogen-bond donors (Lipinski definition) is 0. The first kappa shape index (κ1) is 27.9. The maximum absolute atomic E-state index is 4.03. The second-order valence-corrected chi connectivity index (χ2v) is 5.71. The number of nitrogens with zero attached hydrogens (tertiary/aromatic N) is 3. The second-order valence-electron chi connectivity index (χ2n) is 3.58. The van der Waals surface area contributed by atoms with E-state index < -0.39 is 0 Å². The zero-order valence-electron chi connectivity index (χ0n) is 12.6. The molecule has 3 nitrogen and oxygen atoms in total. The van der Waals surface area contributed by atoms with E-state index in [4.69, 9.17) is 0 Å². The predicted octanol–water partition coefficient (Wildman–Crippen LogP) is 4.89. The van der Waals surface area contributed by atoms with E-state index in [1.165, 1.54) is 25.0 Å². The molecule has 0 aliphatic heterocycles. The maximum Gasteiger partial charge on any atom is 4.00 e. The number of hydrogen-bond acceptors (Lipinski definition) is 1. The molecule has 0 aromatic rings. The summed E-state index contributed by atoms with van der Waals surface area (Å²) in [5, 5.41) is 7.00. The van der Waals surface area contributed by atoms with Gasteiger partial charge in [-0.25, -0.2) is 0 Å².